The molecule has 1 aliphatic rings. The Morgan fingerprint density at radius 2 is 1.93 bits per heavy atom. The number of carbonyl (C=O) groups excluding carboxylic acids is 1. The van der Waals surface area contributed by atoms with Gasteiger partial charge >= 0.3 is 5.97 Å². The van der Waals surface area contributed by atoms with Crippen LogP contribution >= 0.6 is 0 Å². The van der Waals surface area contributed by atoms with Crippen molar-refractivity contribution in [3.8, 4) is 0 Å². The topological polar surface area (TPSA) is 54.0 Å². The summed E-state index contributed by atoms with van der Waals surface area (Å²) in [6.07, 6.45) is 7.26. The fraction of sp³-hybridized carbons (Fsp3) is 0.625. The van der Waals surface area contributed by atoms with E-state index < -0.39 is 5.79 Å². The van der Waals surface area contributed by atoms with Crippen LogP contribution in [0.5, 0.6) is 0 Å². The van der Waals surface area contributed by atoms with E-state index in [0.29, 0.717) is 19.1 Å². The molecule has 1 aliphatic heterocycles. The maximum absolute atomic E-state index is 11.6. The van der Waals surface area contributed by atoms with E-state index in [4.69, 9.17) is 18.9 Å². The van der Waals surface area contributed by atoms with Crippen LogP contribution in [0.4, 0.5) is 0 Å². The van der Waals surface area contributed by atoms with Gasteiger partial charge in [0.25, 0.3) is 0 Å². The lowest BCUT2D eigenvalue weighted by atomic mass is 9.93. The second-order valence-electron chi connectivity index (χ2n) is 8.04. The van der Waals surface area contributed by atoms with Gasteiger partial charge in [0.15, 0.2) is 5.79 Å². The van der Waals surface area contributed by atoms with E-state index in [1.807, 2.05) is 32.0 Å². The smallest absolute Gasteiger partial charge is 0.330 e. The Hall–Kier alpha value is -1.69. The summed E-state index contributed by atoms with van der Waals surface area (Å²) >= 11 is 0. The summed E-state index contributed by atoms with van der Waals surface area (Å²) < 4.78 is 22.8. The van der Waals surface area contributed by atoms with Crippen molar-refractivity contribution in [1.29, 1.82) is 0 Å². The summed E-state index contributed by atoms with van der Waals surface area (Å²) in [6, 6.07) is 10.2. The number of unbranched alkanes of at least 4 members (excludes halogenated alkanes) is 2. The van der Waals surface area contributed by atoms with Crippen LogP contribution < -0.4 is 0 Å². The first kappa shape index (κ1) is 23.6. The summed E-state index contributed by atoms with van der Waals surface area (Å²) in [5.74, 6) is -0.657. The molecule has 0 bridgehead atoms. The molecule has 0 aliphatic carbocycles. The predicted octanol–water partition coefficient (Wildman–Crippen LogP) is 5.04. The summed E-state index contributed by atoms with van der Waals surface area (Å²) in [5.41, 5.74) is 1.21. The highest BCUT2D eigenvalue weighted by molar-refractivity contribution is 5.81. The van der Waals surface area contributed by atoms with Gasteiger partial charge in [-0.15, -0.1) is 0 Å². The third kappa shape index (κ3) is 8.69. The molecular weight excluding hydrogens is 368 g/mol. The molecule has 5 nitrogen and oxygen atoms in total. The van der Waals surface area contributed by atoms with E-state index >= 15 is 0 Å². The second-order valence-corrected chi connectivity index (χ2v) is 8.04. The Morgan fingerprint density at radius 1 is 1.17 bits per heavy atom. The van der Waals surface area contributed by atoms with Crippen molar-refractivity contribution in [2.24, 2.45) is 5.92 Å². The van der Waals surface area contributed by atoms with E-state index in [1.54, 1.807) is 13.0 Å². The van der Waals surface area contributed by atoms with Gasteiger partial charge in [0.05, 0.1) is 19.3 Å². The number of ether oxygens (including phenoxy) is 4. The maximum atomic E-state index is 11.6. The standard InChI is InChI=1S/C24H36O5/c1-5-27-22(25)16-15-21-23(29-24(3,4)28-21)19(2)12-8-7-11-17-26-18-20-13-9-6-10-14-20/h6,9-10,13-16,19,21,23H,5,7-8,11-12,17-18H2,1-4H3/b16-15+/t19-,21-,23-/m0/s1. The van der Waals surface area contributed by atoms with Crippen LogP contribution in [-0.2, 0) is 30.3 Å². The Kier molecular flexibility index (Phi) is 9.85. The maximum Gasteiger partial charge on any atom is 0.330 e. The molecule has 5 heteroatoms. The van der Waals surface area contributed by atoms with Gasteiger partial charge in [0, 0.05) is 12.7 Å². The Bertz CT molecular complexity index is 625. The van der Waals surface area contributed by atoms with Crippen LogP contribution in [0, 0.1) is 5.92 Å². The van der Waals surface area contributed by atoms with Gasteiger partial charge in [0.1, 0.15) is 6.10 Å². The molecule has 0 aromatic heterocycles. The molecule has 1 aromatic carbocycles. The average Bonchev–Trinajstić information content (AvgIpc) is 3.01. The summed E-state index contributed by atoms with van der Waals surface area (Å²) in [5, 5.41) is 0. The van der Waals surface area contributed by atoms with Gasteiger partial charge < -0.3 is 18.9 Å². The fourth-order valence-corrected chi connectivity index (χ4v) is 3.55. The molecule has 162 valence electrons. The SMILES string of the molecule is CCOC(=O)/C=C/[C@@H]1OC(C)(C)O[C@H]1[C@@H](C)CCCCCOCc1ccccc1. The lowest BCUT2D eigenvalue weighted by Crippen LogP contribution is -2.28. The van der Waals surface area contributed by atoms with E-state index in [9.17, 15) is 4.79 Å². The predicted molar refractivity (Wildman–Crippen MR) is 113 cm³/mol. The molecule has 0 unspecified atom stereocenters. The molecule has 1 heterocycles. The Labute approximate surface area is 175 Å². The van der Waals surface area contributed by atoms with Crippen molar-refractivity contribution < 1.29 is 23.7 Å². The van der Waals surface area contributed by atoms with Crippen molar-refractivity contribution in [3.63, 3.8) is 0 Å². The van der Waals surface area contributed by atoms with Gasteiger partial charge in [-0.3, -0.25) is 0 Å². The van der Waals surface area contributed by atoms with E-state index in [0.717, 1.165) is 32.3 Å². The molecule has 1 aromatic rings. The van der Waals surface area contributed by atoms with E-state index in [1.165, 1.54) is 11.6 Å². The van der Waals surface area contributed by atoms with Crippen molar-refractivity contribution in [2.75, 3.05) is 13.2 Å². The molecule has 0 spiro atoms. The van der Waals surface area contributed by atoms with Crippen molar-refractivity contribution in [2.45, 2.75) is 78.0 Å². The largest absolute Gasteiger partial charge is 0.463 e. The Balaban J connectivity index is 1.67. The molecule has 0 amide bonds. The first-order chi connectivity index (χ1) is 13.9. The molecule has 0 saturated carbocycles. The third-order valence-electron chi connectivity index (χ3n) is 4.99. The van der Waals surface area contributed by atoms with Gasteiger partial charge in [-0.2, -0.15) is 0 Å². The van der Waals surface area contributed by atoms with Crippen LogP contribution in [0.1, 0.15) is 58.9 Å². The molecular formula is C24H36O5. The molecule has 0 radical (unpaired) electrons. The van der Waals surface area contributed by atoms with E-state index in [-0.39, 0.29) is 18.2 Å². The summed E-state index contributed by atoms with van der Waals surface area (Å²) in [4.78, 5) is 11.6. The van der Waals surface area contributed by atoms with Crippen LogP contribution in [-0.4, -0.2) is 37.2 Å². The first-order valence-corrected chi connectivity index (χ1v) is 10.7. The number of rotatable bonds is 12. The minimum absolute atomic E-state index is 0.0648. The summed E-state index contributed by atoms with van der Waals surface area (Å²) in [6.45, 7) is 9.63. The number of carbonyl (C=O) groups is 1. The van der Waals surface area contributed by atoms with Crippen LogP contribution in [0.25, 0.3) is 0 Å². The second kappa shape index (κ2) is 12.1. The molecule has 29 heavy (non-hydrogen) atoms. The van der Waals surface area contributed by atoms with Crippen molar-refractivity contribution >= 4 is 5.97 Å². The van der Waals surface area contributed by atoms with Crippen molar-refractivity contribution in [3.05, 3.63) is 48.0 Å². The van der Waals surface area contributed by atoms with Gasteiger partial charge in [-0.25, -0.2) is 4.79 Å². The number of hydrogen-bond donors (Lipinski definition) is 0. The molecule has 3 atom stereocenters. The highest BCUT2D eigenvalue weighted by atomic mass is 16.7. The monoisotopic (exact) mass is 404 g/mol. The lowest BCUT2D eigenvalue weighted by Gasteiger charge is -2.22. The molecule has 2 rings (SSSR count). The molecule has 1 saturated heterocycles. The minimum Gasteiger partial charge on any atom is -0.463 e. The summed E-state index contributed by atoms with van der Waals surface area (Å²) in [7, 11) is 0. The highest BCUT2D eigenvalue weighted by Crippen LogP contribution is 2.34. The lowest BCUT2D eigenvalue weighted by molar-refractivity contribution is -0.147. The van der Waals surface area contributed by atoms with Crippen molar-refractivity contribution in [1.82, 2.24) is 0 Å². The van der Waals surface area contributed by atoms with Crippen LogP contribution in [0.2, 0.25) is 0 Å². The van der Waals surface area contributed by atoms with E-state index in [2.05, 4.69) is 19.1 Å². The zero-order valence-corrected chi connectivity index (χ0v) is 18.3. The Morgan fingerprint density at radius 3 is 2.66 bits per heavy atom. The van der Waals surface area contributed by atoms with Crippen LogP contribution in [0.3, 0.4) is 0 Å². The third-order valence-corrected chi connectivity index (χ3v) is 4.99. The minimum atomic E-state index is -0.645. The number of hydrogen-bond acceptors (Lipinski definition) is 5. The average molecular weight is 405 g/mol. The molecule has 0 N–H and O–H groups in total. The van der Waals surface area contributed by atoms with Gasteiger partial charge in [-0.1, -0.05) is 50.1 Å². The number of benzene rings is 1. The number of esters is 1. The van der Waals surface area contributed by atoms with Gasteiger partial charge in [0.2, 0.25) is 0 Å². The normalized spacial score (nSPS) is 22.1. The zero-order chi connectivity index (χ0) is 21.1. The quantitative estimate of drug-likeness (QED) is 0.278. The van der Waals surface area contributed by atoms with Crippen LogP contribution in [0.15, 0.2) is 42.5 Å². The highest BCUT2D eigenvalue weighted by Gasteiger charge is 2.42. The fourth-order valence-electron chi connectivity index (χ4n) is 3.55. The first-order valence-electron chi connectivity index (χ1n) is 10.7. The van der Waals surface area contributed by atoms with Gasteiger partial charge in [-0.05, 0) is 51.2 Å². The zero-order valence-electron chi connectivity index (χ0n) is 18.3. The molecule has 1 fully saturated rings.